The standard InChI is InChI=1S/C16H22N2O3/c1-16(2,3)21-15(20)17-13-8-6-7-12(11-13)14(19)18-9-4-5-10-18/h6-8,11H,4-5,9-10H2,1-3H3,(H,17,20). The quantitative estimate of drug-likeness (QED) is 0.909. The maximum absolute atomic E-state index is 12.3. The van der Waals surface area contributed by atoms with Gasteiger partial charge < -0.3 is 9.64 Å². The zero-order valence-electron chi connectivity index (χ0n) is 12.8. The molecular weight excluding hydrogens is 268 g/mol. The summed E-state index contributed by atoms with van der Waals surface area (Å²) in [5, 5.41) is 2.65. The number of nitrogens with zero attached hydrogens (tertiary/aromatic N) is 1. The number of likely N-dealkylation sites (tertiary alicyclic amines) is 1. The van der Waals surface area contributed by atoms with Gasteiger partial charge in [-0.1, -0.05) is 6.07 Å². The molecule has 1 aromatic rings. The van der Waals surface area contributed by atoms with E-state index in [0.29, 0.717) is 11.3 Å². The van der Waals surface area contributed by atoms with Gasteiger partial charge in [-0.15, -0.1) is 0 Å². The van der Waals surface area contributed by atoms with E-state index in [2.05, 4.69) is 5.32 Å². The summed E-state index contributed by atoms with van der Waals surface area (Å²) in [6.07, 6.45) is 1.59. The molecule has 1 aliphatic heterocycles. The van der Waals surface area contributed by atoms with Crippen LogP contribution in [0.5, 0.6) is 0 Å². The summed E-state index contributed by atoms with van der Waals surface area (Å²) in [4.78, 5) is 25.9. The van der Waals surface area contributed by atoms with Gasteiger partial charge in [-0.2, -0.15) is 0 Å². The second-order valence-electron chi connectivity index (χ2n) is 6.21. The van der Waals surface area contributed by atoms with Crippen LogP contribution in [0.3, 0.4) is 0 Å². The lowest BCUT2D eigenvalue weighted by atomic mass is 10.1. The van der Waals surface area contributed by atoms with Crippen LogP contribution in [-0.2, 0) is 4.74 Å². The van der Waals surface area contributed by atoms with Crippen LogP contribution in [0.4, 0.5) is 10.5 Å². The number of benzene rings is 1. The first-order valence-corrected chi connectivity index (χ1v) is 7.24. The molecule has 0 aromatic heterocycles. The number of carbonyl (C=O) groups is 2. The minimum absolute atomic E-state index is 0.0142. The van der Waals surface area contributed by atoms with Crippen molar-refractivity contribution in [2.45, 2.75) is 39.2 Å². The van der Waals surface area contributed by atoms with Crippen molar-refractivity contribution in [1.29, 1.82) is 0 Å². The zero-order chi connectivity index (χ0) is 15.5. The first-order chi connectivity index (χ1) is 9.85. The average Bonchev–Trinajstić information content (AvgIpc) is 2.89. The van der Waals surface area contributed by atoms with Gasteiger partial charge in [0.1, 0.15) is 5.60 Å². The smallest absolute Gasteiger partial charge is 0.412 e. The Bertz CT molecular complexity index is 529. The molecule has 0 atom stereocenters. The molecule has 21 heavy (non-hydrogen) atoms. The van der Waals surface area contributed by atoms with E-state index in [9.17, 15) is 9.59 Å². The van der Waals surface area contributed by atoms with Crippen LogP contribution in [0.2, 0.25) is 0 Å². The summed E-state index contributed by atoms with van der Waals surface area (Å²) in [7, 11) is 0. The van der Waals surface area contributed by atoms with Crippen molar-refractivity contribution in [3.63, 3.8) is 0 Å². The Labute approximate surface area is 125 Å². The van der Waals surface area contributed by atoms with Gasteiger partial charge in [0.15, 0.2) is 0 Å². The number of amides is 2. The van der Waals surface area contributed by atoms with E-state index < -0.39 is 11.7 Å². The molecule has 114 valence electrons. The predicted octanol–water partition coefficient (Wildman–Crippen LogP) is 3.27. The fourth-order valence-corrected chi connectivity index (χ4v) is 2.25. The molecule has 0 aliphatic carbocycles. The highest BCUT2D eigenvalue weighted by atomic mass is 16.6. The Hall–Kier alpha value is -2.04. The monoisotopic (exact) mass is 290 g/mol. The SMILES string of the molecule is CC(C)(C)OC(=O)Nc1cccc(C(=O)N2CCCC2)c1. The van der Waals surface area contributed by atoms with Gasteiger partial charge in [0.05, 0.1) is 0 Å². The minimum atomic E-state index is -0.549. The highest BCUT2D eigenvalue weighted by Crippen LogP contribution is 2.17. The van der Waals surface area contributed by atoms with Crippen molar-refractivity contribution in [2.75, 3.05) is 18.4 Å². The lowest BCUT2D eigenvalue weighted by Gasteiger charge is -2.20. The molecule has 0 unspecified atom stereocenters. The lowest BCUT2D eigenvalue weighted by Crippen LogP contribution is -2.28. The maximum Gasteiger partial charge on any atom is 0.412 e. The molecule has 0 spiro atoms. The van der Waals surface area contributed by atoms with Gasteiger partial charge in [-0.05, 0) is 51.8 Å². The maximum atomic E-state index is 12.3. The molecule has 1 saturated heterocycles. The summed E-state index contributed by atoms with van der Waals surface area (Å²) in [5.41, 5.74) is 0.604. The predicted molar refractivity (Wildman–Crippen MR) is 81.4 cm³/mol. The fraction of sp³-hybridized carbons (Fsp3) is 0.500. The number of rotatable bonds is 2. The van der Waals surface area contributed by atoms with Crippen molar-refractivity contribution < 1.29 is 14.3 Å². The normalized spacial score (nSPS) is 14.9. The average molecular weight is 290 g/mol. The summed E-state index contributed by atoms with van der Waals surface area (Å²) < 4.78 is 5.20. The van der Waals surface area contributed by atoms with Gasteiger partial charge in [-0.3, -0.25) is 10.1 Å². The number of ether oxygens (including phenoxy) is 1. The molecule has 2 rings (SSSR count). The lowest BCUT2D eigenvalue weighted by molar-refractivity contribution is 0.0635. The number of nitrogens with one attached hydrogen (secondary N) is 1. The first kappa shape index (κ1) is 15.4. The van der Waals surface area contributed by atoms with E-state index in [-0.39, 0.29) is 5.91 Å². The van der Waals surface area contributed by atoms with Crippen molar-refractivity contribution in [3.05, 3.63) is 29.8 Å². The van der Waals surface area contributed by atoms with Gasteiger partial charge >= 0.3 is 6.09 Å². The van der Waals surface area contributed by atoms with Crippen molar-refractivity contribution >= 4 is 17.7 Å². The molecule has 5 nitrogen and oxygen atoms in total. The second kappa shape index (κ2) is 6.16. The Kier molecular flexibility index (Phi) is 4.50. The van der Waals surface area contributed by atoms with Crippen LogP contribution in [0.25, 0.3) is 0 Å². The van der Waals surface area contributed by atoms with E-state index in [1.807, 2.05) is 4.90 Å². The summed E-state index contributed by atoms with van der Waals surface area (Å²) in [6, 6.07) is 6.95. The summed E-state index contributed by atoms with van der Waals surface area (Å²) in [5.74, 6) is 0.0142. The molecule has 1 aromatic carbocycles. The van der Waals surface area contributed by atoms with Crippen LogP contribution in [0.15, 0.2) is 24.3 Å². The third-order valence-corrected chi connectivity index (χ3v) is 3.15. The topological polar surface area (TPSA) is 58.6 Å². The molecule has 5 heteroatoms. The van der Waals surface area contributed by atoms with Crippen molar-refractivity contribution in [3.8, 4) is 0 Å². The van der Waals surface area contributed by atoms with Gasteiger partial charge in [-0.25, -0.2) is 4.79 Å². The third kappa shape index (κ3) is 4.48. The van der Waals surface area contributed by atoms with Crippen LogP contribution in [0, 0.1) is 0 Å². The van der Waals surface area contributed by atoms with Crippen LogP contribution in [-0.4, -0.2) is 35.6 Å². The molecular formula is C16H22N2O3. The first-order valence-electron chi connectivity index (χ1n) is 7.24. The summed E-state index contributed by atoms with van der Waals surface area (Å²) in [6.45, 7) is 7.03. The number of carbonyl (C=O) groups excluding carboxylic acids is 2. The number of anilines is 1. The van der Waals surface area contributed by atoms with Crippen LogP contribution < -0.4 is 5.32 Å². The molecule has 0 radical (unpaired) electrons. The molecule has 1 aliphatic rings. The van der Waals surface area contributed by atoms with E-state index in [1.165, 1.54) is 0 Å². The fourth-order valence-electron chi connectivity index (χ4n) is 2.25. The van der Waals surface area contributed by atoms with Crippen LogP contribution in [0.1, 0.15) is 44.0 Å². The number of hydrogen-bond acceptors (Lipinski definition) is 3. The molecule has 1 heterocycles. The van der Waals surface area contributed by atoms with Crippen LogP contribution >= 0.6 is 0 Å². The molecule has 0 bridgehead atoms. The summed E-state index contributed by atoms with van der Waals surface area (Å²) >= 11 is 0. The van der Waals surface area contributed by atoms with Crippen molar-refractivity contribution in [1.82, 2.24) is 4.90 Å². The second-order valence-corrected chi connectivity index (χ2v) is 6.21. The van der Waals surface area contributed by atoms with Gasteiger partial charge in [0.25, 0.3) is 5.91 Å². The van der Waals surface area contributed by atoms with Gasteiger partial charge in [0, 0.05) is 24.3 Å². The van der Waals surface area contributed by atoms with Gasteiger partial charge in [0.2, 0.25) is 0 Å². The Balaban J connectivity index is 2.03. The highest BCUT2D eigenvalue weighted by molar-refractivity contribution is 5.96. The zero-order valence-corrected chi connectivity index (χ0v) is 12.8. The molecule has 2 amide bonds. The third-order valence-electron chi connectivity index (χ3n) is 3.15. The Morgan fingerprint density at radius 1 is 1.19 bits per heavy atom. The van der Waals surface area contributed by atoms with E-state index in [0.717, 1.165) is 25.9 Å². The number of hydrogen-bond donors (Lipinski definition) is 1. The van der Waals surface area contributed by atoms with E-state index >= 15 is 0 Å². The largest absolute Gasteiger partial charge is 0.444 e. The van der Waals surface area contributed by atoms with Crippen molar-refractivity contribution in [2.24, 2.45) is 0 Å². The highest BCUT2D eigenvalue weighted by Gasteiger charge is 2.20. The Morgan fingerprint density at radius 3 is 2.48 bits per heavy atom. The minimum Gasteiger partial charge on any atom is -0.444 e. The van der Waals surface area contributed by atoms with E-state index in [4.69, 9.17) is 4.74 Å². The van der Waals surface area contributed by atoms with E-state index in [1.54, 1.807) is 45.0 Å². The molecule has 1 fully saturated rings. The molecule has 1 N–H and O–H groups in total. The Morgan fingerprint density at radius 2 is 1.86 bits per heavy atom. The molecule has 0 saturated carbocycles.